The third kappa shape index (κ3) is 3.37. The van der Waals surface area contributed by atoms with Gasteiger partial charge >= 0.3 is 0 Å². The summed E-state index contributed by atoms with van der Waals surface area (Å²) < 4.78 is 5.32. The molecular formula is C13H15Cl2NO2. The molecule has 0 bridgehead atoms. The molecule has 0 aliphatic carbocycles. The van der Waals surface area contributed by atoms with Gasteiger partial charge in [0.2, 0.25) is 5.91 Å². The summed E-state index contributed by atoms with van der Waals surface area (Å²) in [7, 11) is 0. The lowest BCUT2D eigenvalue weighted by Crippen LogP contribution is -2.50. The van der Waals surface area contributed by atoms with Crippen LogP contribution in [0.5, 0.6) is 0 Å². The fourth-order valence-corrected chi connectivity index (χ4v) is 2.37. The van der Waals surface area contributed by atoms with Crippen LogP contribution in [-0.2, 0) is 16.0 Å². The average Bonchev–Trinajstić information content (AvgIpc) is 2.41. The van der Waals surface area contributed by atoms with Gasteiger partial charge in [-0.25, -0.2) is 0 Å². The molecule has 1 unspecified atom stereocenters. The minimum Gasteiger partial charge on any atom is -0.377 e. The molecule has 0 N–H and O–H groups in total. The summed E-state index contributed by atoms with van der Waals surface area (Å²) in [6.45, 7) is 1.72. The zero-order valence-electron chi connectivity index (χ0n) is 9.94. The van der Waals surface area contributed by atoms with Crippen LogP contribution in [0, 0.1) is 0 Å². The zero-order chi connectivity index (χ0) is 13.0. The lowest BCUT2D eigenvalue weighted by molar-refractivity contribution is -0.138. The second kappa shape index (κ2) is 6.41. The van der Waals surface area contributed by atoms with E-state index in [2.05, 4.69) is 0 Å². The van der Waals surface area contributed by atoms with E-state index in [-0.39, 0.29) is 11.9 Å². The van der Waals surface area contributed by atoms with Gasteiger partial charge in [0.05, 0.1) is 25.7 Å². The normalized spacial score (nSPS) is 19.9. The summed E-state index contributed by atoms with van der Waals surface area (Å²) in [6.07, 6.45) is 0.380. The Kier molecular flexibility index (Phi) is 4.87. The molecule has 1 atom stereocenters. The predicted molar refractivity (Wildman–Crippen MR) is 72.2 cm³/mol. The Hall–Kier alpha value is -0.770. The molecule has 0 saturated carbocycles. The molecule has 1 aliphatic rings. The van der Waals surface area contributed by atoms with Crippen molar-refractivity contribution in [1.82, 2.24) is 4.90 Å². The highest BCUT2D eigenvalue weighted by atomic mass is 35.5. The van der Waals surface area contributed by atoms with Crippen LogP contribution in [0.2, 0.25) is 5.02 Å². The molecule has 98 valence electrons. The molecule has 18 heavy (non-hydrogen) atoms. The molecule has 1 heterocycles. The van der Waals surface area contributed by atoms with Crippen molar-refractivity contribution in [3.63, 3.8) is 0 Å². The summed E-state index contributed by atoms with van der Waals surface area (Å²) in [4.78, 5) is 14.0. The Morgan fingerprint density at radius 2 is 2.11 bits per heavy atom. The highest BCUT2D eigenvalue weighted by molar-refractivity contribution is 6.30. The minimum absolute atomic E-state index is 0.0137. The van der Waals surface area contributed by atoms with Crippen LogP contribution in [0.4, 0.5) is 0 Å². The number of carbonyl (C=O) groups is 1. The fraction of sp³-hybridized carbons (Fsp3) is 0.462. The smallest absolute Gasteiger partial charge is 0.227 e. The first kappa shape index (κ1) is 13.7. The molecule has 1 amide bonds. The van der Waals surface area contributed by atoms with E-state index < -0.39 is 0 Å². The largest absolute Gasteiger partial charge is 0.377 e. The first-order valence-corrected chi connectivity index (χ1v) is 6.79. The molecule has 1 aromatic carbocycles. The third-order valence-electron chi connectivity index (χ3n) is 2.99. The molecule has 0 spiro atoms. The van der Waals surface area contributed by atoms with Crippen molar-refractivity contribution in [3.05, 3.63) is 34.9 Å². The maximum atomic E-state index is 12.2. The highest BCUT2D eigenvalue weighted by Crippen LogP contribution is 2.14. The number of amides is 1. The van der Waals surface area contributed by atoms with Gasteiger partial charge in [-0.1, -0.05) is 23.7 Å². The topological polar surface area (TPSA) is 29.5 Å². The van der Waals surface area contributed by atoms with Crippen LogP contribution < -0.4 is 0 Å². The quantitative estimate of drug-likeness (QED) is 0.799. The molecule has 1 fully saturated rings. The van der Waals surface area contributed by atoms with Crippen molar-refractivity contribution >= 4 is 29.1 Å². The number of rotatable bonds is 3. The minimum atomic E-state index is -0.0137. The Morgan fingerprint density at radius 1 is 1.39 bits per heavy atom. The second-order valence-corrected chi connectivity index (χ2v) is 5.02. The molecule has 3 nitrogen and oxygen atoms in total. The second-order valence-electron chi connectivity index (χ2n) is 4.27. The van der Waals surface area contributed by atoms with Gasteiger partial charge in [-0.05, 0) is 17.7 Å². The van der Waals surface area contributed by atoms with E-state index in [1.807, 2.05) is 17.0 Å². The van der Waals surface area contributed by atoms with Crippen molar-refractivity contribution < 1.29 is 9.53 Å². The monoisotopic (exact) mass is 287 g/mol. The number of hydrogen-bond acceptors (Lipinski definition) is 2. The Bertz CT molecular complexity index is 408. The molecule has 0 aromatic heterocycles. The molecule has 1 saturated heterocycles. The van der Waals surface area contributed by atoms with Crippen LogP contribution in [0.15, 0.2) is 24.3 Å². The summed E-state index contributed by atoms with van der Waals surface area (Å²) in [5.41, 5.74) is 0.962. The predicted octanol–water partition coefficient (Wildman–Crippen LogP) is 2.35. The molecule has 0 radical (unpaired) electrons. The summed E-state index contributed by atoms with van der Waals surface area (Å²) >= 11 is 11.7. The van der Waals surface area contributed by atoms with E-state index in [9.17, 15) is 4.79 Å². The van der Waals surface area contributed by atoms with E-state index >= 15 is 0 Å². The number of alkyl halides is 1. The molecule has 5 heteroatoms. The lowest BCUT2D eigenvalue weighted by atomic mass is 10.1. The zero-order valence-corrected chi connectivity index (χ0v) is 11.5. The van der Waals surface area contributed by atoms with Gasteiger partial charge in [-0.15, -0.1) is 11.6 Å². The number of halogens is 2. The average molecular weight is 288 g/mol. The number of nitrogens with zero attached hydrogens (tertiary/aromatic N) is 1. The van der Waals surface area contributed by atoms with Crippen LogP contribution >= 0.6 is 23.2 Å². The first-order valence-electron chi connectivity index (χ1n) is 5.88. The van der Waals surface area contributed by atoms with Gasteiger partial charge in [-0.2, -0.15) is 0 Å². The van der Waals surface area contributed by atoms with Crippen LogP contribution in [0.25, 0.3) is 0 Å². The van der Waals surface area contributed by atoms with Gasteiger partial charge in [0.1, 0.15) is 0 Å². The lowest BCUT2D eigenvalue weighted by Gasteiger charge is -2.34. The standard InChI is InChI=1S/C13H15Cl2NO2/c14-8-12-9-18-6-5-16(12)13(17)7-10-1-3-11(15)4-2-10/h1-4,12H,5-9H2. The molecular weight excluding hydrogens is 273 g/mol. The SMILES string of the molecule is O=C(Cc1ccc(Cl)cc1)N1CCOCC1CCl. The number of benzene rings is 1. The van der Waals surface area contributed by atoms with Gasteiger partial charge in [0, 0.05) is 17.4 Å². The summed E-state index contributed by atoms with van der Waals surface area (Å²) in [6, 6.07) is 7.32. The van der Waals surface area contributed by atoms with E-state index in [1.165, 1.54) is 0 Å². The Labute approximate surface area is 117 Å². The Balaban J connectivity index is 2.00. The maximum Gasteiger partial charge on any atom is 0.227 e. The van der Waals surface area contributed by atoms with Crippen molar-refractivity contribution in [2.45, 2.75) is 12.5 Å². The maximum absolute atomic E-state index is 12.2. The van der Waals surface area contributed by atoms with Crippen molar-refractivity contribution in [2.24, 2.45) is 0 Å². The third-order valence-corrected chi connectivity index (χ3v) is 3.60. The van der Waals surface area contributed by atoms with Gasteiger partial charge in [0.25, 0.3) is 0 Å². The van der Waals surface area contributed by atoms with Crippen molar-refractivity contribution in [1.29, 1.82) is 0 Å². The van der Waals surface area contributed by atoms with Crippen LogP contribution in [-0.4, -0.2) is 42.5 Å². The molecule has 2 rings (SSSR count). The highest BCUT2D eigenvalue weighted by Gasteiger charge is 2.26. The summed E-state index contributed by atoms with van der Waals surface area (Å²) in [5.74, 6) is 0.498. The van der Waals surface area contributed by atoms with E-state index in [4.69, 9.17) is 27.9 Å². The number of morpholine rings is 1. The number of carbonyl (C=O) groups excluding carboxylic acids is 1. The fourth-order valence-electron chi connectivity index (χ4n) is 1.99. The van der Waals surface area contributed by atoms with Crippen molar-refractivity contribution in [2.75, 3.05) is 25.6 Å². The van der Waals surface area contributed by atoms with E-state index in [0.717, 1.165) is 5.56 Å². The van der Waals surface area contributed by atoms with E-state index in [1.54, 1.807) is 12.1 Å². The van der Waals surface area contributed by atoms with Crippen LogP contribution in [0.3, 0.4) is 0 Å². The number of ether oxygens (including phenoxy) is 1. The van der Waals surface area contributed by atoms with Crippen molar-refractivity contribution in [3.8, 4) is 0 Å². The van der Waals surface area contributed by atoms with Gasteiger partial charge in [0.15, 0.2) is 0 Å². The van der Waals surface area contributed by atoms with Gasteiger partial charge in [-0.3, -0.25) is 4.79 Å². The number of hydrogen-bond donors (Lipinski definition) is 0. The molecule has 1 aliphatic heterocycles. The van der Waals surface area contributed by atoms with Crippen LogP contribution in [0.1, 0.15) is 5.56 Å². The summed E-state index contributed by atoms with van der Waals surface area (Å²) in [5, 5.41) is 0.677. The Morgan fingerprint density at radius 3 is 2.78 bits per heavy atom. The van der Waals surface area contributed by atoms with Gasteiger partial charge < -0.3 is 9.64 Å². The first-order chi connectivity index (χ1) is 8.70. The molecule has 1 aromatic rings. The van der Waals surface area contributed by atoms with E-state index in [0.29, 0.717) is 37.1 Å².